The SMILES string of the molecule is C#C[C@]1(CO)O[C@@H](n2cnc3c(NC(=O)[C@H]4CCC(=O)O4)nc(Cl)nc32)C[C@@H]1OC(=O)C12CCC(CC1)CC2. The molecule has 0 spiro atoms. The average molecular weight is 558 g/mol. The molecule has 4 heterocycles. The van der Waals surface area contributed by atoms with Crippen molar-refractivity contribution in [3.05, 3.63) is 11.6 Å². The lowest BCUT2D eigenvalue weighted by molar-refractivity contribution is -0.176. The van der Waals surface area contributed by atoms with Crippen LogP contribution in [-0.2, 0) is 28.6 Å². The minimum atomic E-state index is -1.56. The van der Waals surface area contributed by atoms with Gasteiger partial charge >= 0.3 is 11.9 Å². The molecule has 5 fully saturated rings. The molecular formula is C26H28ClN5O7. The molecule has 2 aromatic heterocycles. The van der Waals surface area contributed by atoms with E-state index in [-0.39, 0.29) is 47.5 Å². The molecule has 2 aromatic rings. The number of hydrogen-bond donors (Lipinski definition) is 2. The van der Waals surface area contributed by atoms with E-state index < -0.39 is 47.9 Å². The maximum atomic E-state index is 13.4. The minimum absolute atomic E-state index is 0.0371. The Kier molecular flexibility index (Phi) is 6.48. The lowest BCUT2D eigenvalue weighted by atomic mass is 9.61. The molecular weight excluding hydrogens is 530 g/mol. The van der Waals surface area contributed by atoms with Crippen LogP contribution in [0.25, 0.3) is 11.2 Å². The van der Waals surface area contributed by atoms with Crippen LogP contribution in [-0.4, -0.2) is 66.9 Å². The van der Waals surface area contributed by atoms with Gasteiger partial charge in [-0.25, -0.2) is 4.98 Å². The monoisotopic (exact) mass is 557 g/mol. The van der Waals surface area contributed by atoms with Gasteiger partial charge in [0.15, 0.2) is 28.7 Å². The molecule has 2 aliphatic heterocycles. The Morgan fingerprint density at radius 3 is 2.64 bits per heavy atom. The molecule has 12 nitrogen and oxygen atoms in total. The van der Waals surface area contributed by atoms with Crippen molar-refractivity contribution in [2.75, 3.05) is 11.9 Å². The number of nitrogens with zero attached hydrogens (tertiary/aromatic N) is 4. The fourth-order valence-corrected chi connectivity index (χ4v) is 6.43. The summed E-state index contributed by atoms with van der Waals surface area (Å²) in [7, 11) is 0. The van der Waals surface area contributed by atoms with Crippen molar-refractivity contribution in [2.24, 2.45) is 11.3 Å². The highest BCUT2D eigenvalue weighted by Crippen LogP contribution is 2.52. The molecule has 13 heteroatoms. The number of rotatable bonds is 6. The Bertz CT molecular complexity index is 1370. The second-order valence-corrected chi connectivity index (χ2v) is 11.2. The highest BCUT2D eigenvalue weighted by molar-refractivity contribution is 6.28. The van der Waals surface area contributed by atoms with Gasteiger partial charge < -0.3 is 24.6 Å². The number of aromatic nitrogens is 4. The van der Waals surface area contributed by atoms with Crippen LogP contribution in [0.15, 0.2) is 6.33 Å². The van der Waals surface area contributed by atoms with Gasteiger partial charge in [-0.2, -0.15) is 9.97 Å². The molecule has 3 saturated carbocycles. The zero-order valence-corrected chi connectivity index (χ0v) is 21.9. The van der Waals surface area contributed by atoms with E-state index in [0.29, 0.717) is 5.92 Å². The molecule has 1 amide bonds. The fraction of sp³-hybridized carbons (Fsp3) is 0.615. The maximum Gasteiger partial charge on any atom is 0.312 e. The van der Waals surface area contributed by atoms with Gasteiger partial charge in [-0.1, -0.05) is 5.92 Å². The van der Waals surface area contributed by atoms with Crippen LogP contribution in [0, 0.1) is 23.7 Å². The number of anilines is 1. The third kappa shape index (κ3) is 4.42. The van der Waals surface area contributed by atoms with Crippen molar-refractivity contribution >= 4 is 46.4 Å². The summed E-state index contributed by atoms with van der Waals surface area (Å²) in [6, 6.07) is 0. The molecule has 0 radical (unpaired) electrons. The first-order chi connectivity index (χ1) is 18.8. The van der Waals surface area contributed by atoms with Crippen LogP contribution in [0.4, 0.5) is 5.82 Å². The van der Waals surface area contributed by atoms with Crippen molar-refractivity contribution in [2.45, 2.75) is 81.8 Å². The van der Waals surface area contributed by atoms with Crippen LogP contribution in [0.1, 0.15) is 64.0 Å². The number of amides is 1. The molecule has 0 aromatic carbocycles. The molecule has 39 heavy (non-hydrogen) atoms. The van der Waals surface area contributed by atoms with Crippen LogP contribution in [0.2, 0.25) is 5.28 Å². The number of esters is 2. The van der Waals surface area contributed by atoms with E-state index in [1.807, 2.05) is 0 Å². The summed E-state index contributed by atoms with van der Waals surface area (Å²) in [5.41, 5.74) is -1.61. The lowest BCUT2D eigenvalue weighted by Gasteiger charge is -2.45. The number of imidazole rings is 1. The van der Waals surface area contributed by atoms with Crippen LogP contribution in [0.5, 0.6) is 0 Å². The van der Waals surface area contributed by atoms with E-state index in [0.717, 1.165) is 38.5 Å². The van der Waals surface area contributed by atoms with Crippen LogP contribution < -0.4 is 5.32 Å². The number of aliphatic hydroxyl groups is 1. The number of terminal acetylenes is 1. The van der Waals surface area contributed by atoms with Gasteiger partial charge in [-0.3, -0.25) is 19.0 Å². The number of hydrogen-bond acceptors (Lipinski definition) is 10. The molecule has 206 valence electrons. The number of carbonyl (C=O) groups is 3. The zero-order chi connectivity index (χ0) is 27.4. The number of cyclic esters (lactones) is 1. The molecule has 5 aliphatic rings. The highest BCUT2D eigenvalue weighted by Gasteiger charge is 2.54. The summed E-state index contributed by atoms with van der Waals surface area (Å²) in [5.74, 6) is 1.94. The van der Waals surface area contributed by atoms with Gasteiger partial charge in [-0.05, 0) is 56.0 Å². The second-order valence-electron chi connectivity index (χ2n) is 10.8. The lowest BCUT2D eigenvalue weighted by Crippen LogP contribution is -2.48. The summed E-state index contributed by atoms with van der Waals surface area (Å²) in [6.45, 7) is -0.559. The Labute approximate surface area is 228 Å². The van der Waals surface area contributed by atoms with E-state index in [4.69, 9.17) is 32.2 Å². The maximum absolute atomic E-state index is 13.4. The minimum Gasteiger partial charge on any atom is -0.457 e. The van der Waals surface area contributed by atoms with Crippen molar-refractivity contribution in [1.82, 2.24) is 19.5 Å². The van der Waals surface area contributed by atoms with Gasteiger partial charge in [0.2, 0.25) is 5.28 Å². The summed E-state index contributed by atoms with van der Waals surface area (Å²) in [5, 5.41) is 12.7. The third-order valence-corrected chi connectivity index (χ3v) is 8.83. The van der Waals surface area contributed by atoms with Gasteiger partial charge in [0.25, 0.3) is 5.91 Å². The average Bonchev–Trinajstić information content (AvgIpc) is 3.67. The molecule has 2 saturated heterocycles. The van der Waals surface area contributed by atoms with Crippen LogP contribution in [0.3, 0.4) is 0 Å². The van der Waals surface area contributed by atoms with E-state index in [1.165, 1.54) is 6.33 Å². The molecule has 2 N–H and O–H groups in total. The number of nitrogens with one attached hydrogen (secondary N) is 1. The van der Waals surface area contributed by atoms with Crippen molar-refractivity contribution in [3.8, 4) is 12.3 Å². The molecule has 4 atom stereocenters. The standard InChI is InChI=1S/C26H28ClN5O7/c1-2-26(12-33)16(38-23(36)25-8-5-14(6-9-25)7-10-25)11-17(39-26)32-13-28-19-20(30-24(27)31-21(19)32)29-22(35)15-3-4-18(34)37-15/h1,13-17,33H,3-12H2,(H,29,30,31,35)/t14?,15-,16+,17-,25?,26-/m1/s1. The fourth-order valence-electron chi connectivity index (χ4n) is 6.27. The van der Waals surface area contributed by atoms with Crippen molar-refractivity contribution in [3.63, 3.8) is 0 Å². The second kappa shape index (κ2) is 9.73. The quantitative estimate of drug-likeness (QED) is 0.307. The number of aliphatic hydroxyl groups excluding tert-OH is 1. The molecule has 0 unspecified atom stereocenters. The van der Waals surface area contributed by atoms with Crippen molar-refractivity contribution < 1.29 is 33.7 Å². The van der Waals surface area contributed by atoms with Crippen LogP contribution >= 0.6 is 11.6 Å². The van der Waals surface area contributed by atoms with Crippen molar-refractivity contribution in [1.29, 1.82) is 0 Å². The Morgan fingerprint density at radius 2 is 2.00 bits per heavy atom. The number of carbonyl (C=O) groups excluding carboxylic acids is 3. The van der Waals surface area contributed by atoms with E-state index in [9.17, 15) is 19.5 Å². The first-order valence-corrected chi connectivity index (χ1v) is 13.5. The Hall–Kier alpha value is -3.27. The van der Waals surface area contributed by atoms with Gasteiger partial charge in [0, 0.05) is 19.3 Å². The van der Waals surface area contributed by atoms with Gasteiger partial charge in [-0.15, -0.1) is 6.42 Å². The highest BCUT2D eigenvalue weighted by atomic mass is 35.5. The summed E-state index contributed by atoms with van der Waals surface area (Å²) < 4.78 is 18.7. The number of halogens is 1. The van der Waals surface area contributed by atoms with Gasteiger partial charge in [0.1, 0.15) is 12.3 Å². The Balaban J connectivity index is 1.26. The first kappa shape index (κ1) is 26.0. The molecule has 2 bridgehead atoms. The third-order valence-electron chi connectivity index (χ3n) is 8.66. The first-order valence-electron chi connectivity index (χ1n) is 13.1. The molecule has 7 rings (SSSR count). The van der Waals surface area contributed by atoms with E-state index >= 15 is 0 Å². The predicted octanol–water partition coefficient (Wildman–Crippen LogP) is 2.29. The van der Waals surface area contributed by atoms with E-state index in [1.54, 1.807) is 4.57 Å². The normalized spacial score (nSPS) is 33.6. The summed E-state index contributed by atoms with van der Waals surface area (Å²) >= 11 is 6.17. The zero-order valence-electron chi connectivity index (χ0n) is 21.1. The topological polar surface area (TPSA) is 155 Å². The van der Waals surface area contributed by atoms with Gasteiger partial charge in [0.05, 0.1) is 18.3 Å². The van der Waals surface area contributed by atoms with E-state index in [2.05, 4.69) is 26.2 Å². The smallest absolute Gasteiger partial charge is 0.312 e. The number of fused-ring (bicyclic) bond motifs is 4. The summed E-state index contributed by atoms with van der Waals surface area (Å²) in [6.07, 6.45) is 10.6. The summed E-state index contributed by atoms with van der Waals surface area (Å²) in [4.78, 5) is 50.1. The molecule has 3 aliphatic carbocycles. The predicted molar refractivity (Wildman–Crippen MR) is 135 cm³/mol. The number of ether oxygens (including phenoxy) is 3. The Morgan fingerprint density at radius 1 is 1.26 bits per heavy atom. The largest absolute Gasteiger partial charge is 0.457 e.